The van der Waals surface area contributed by atoms with Crippen molar-refractivity contribution in [2.75, 3.05) is 29.0 Å². The van der Waals surface area contributed by atoms with Crippen molar-refractivity contribution in [1.82, 2.24) is 9.88 Å². The Morgan fingerprint density at radius 1 is 1.18 bits per heavy atom. The number of H-pyrrole nitrogens is 1. The Balaban J connectivity index is 1.75. The number of hydrogen-bond acceptors (Lipinski definition) is 3. The first-order valence-electron chi connectivity index (χ1n) is 10.4. The van der Waals surface area contributed by atoms with Crippen LogP contribution < -0.4 is 16.0 Å². The predicted molar refractivity (Wildman–Crippen MR) is 118 cm³/mol. The number of aryl methyl sites for hydroxylation is 1. The number of urea groups is 1. The van der Waals surface area contributed by atoms with Crippen LogP contribution in [0.1, 0.15) is 41.8 Å². The zero-order valence-corrected chi connectivity index (χ0v) is 17.7. The highest BCUT2D eigenvalue weighted by Gasteiger charge is 2.40. The molecule has 1 saturated heterocycles. The van der Waals surface area contributed by atoms with Crippen LogP contribution >= 0.6 is 0 Å². The fourth-order valence-corrected chi connectivity index (χ4v) is 4.12. The lowest BCUT2D eigenvalue weighted by Gasteiger charge is -2.27. The fourth-order valence-electron chi connectivity index (χ4n) is 4.12. The van der Waals surface area contributed by atoms with Gasteiger partial charge in [0.25, 0.3) is 5.91 Å². The molecule has 8 nitrogen and oxygen atoms in total. The molecule has 2 aliphatic heterocycles. The number of aromatic nitrogens is 1. The number of piperidine rings is 1. The van der Waals surface area contributed by atoms with E-state index in [0.29, 0.717) is 36.4 Å². The minimum absolute atomic E-state index is 0.000191. The minimum atomic E-state index is -4.79. The molecular weight excluding hydrogens is 439 g/mol. The van der Waals surface area contributed by atoms with Gasteiger partial charge in [-0.05, 0) is 50.5 Å². The van der Waals surface area contributed by atoms with Crippen LogP contribution in [0.5, 0.6) is 0 Å². The second kappa shape index (κ2) is 8.64. The fraction of sp³-hybridized carbons (Fsp3) is 0.318. The van der Waals surface area contributed by atoms with Gasteiger partial charge in [0.1, 0.15) is 5.56 Å². The molecule has 1 aromatic carbocycles. The molecule has 174 valence electrons. The number of benzene rings is 1. The first kappa shape index (κ1) is 22.4. The SMILES string of the molecule is Cc1[nH]c(/C=C2\C(=O)Nc3ccc(NC=O)cc32)c(C(F)(F)F)c1NC(=O)N1CCCCC1. The molecule has 0 radical (unpaired) electrons. The first-order valence-corrected chi connectivity index (χ1v) is 10.4. The second-order valence-corrected chi connectivity index (χ2v) is 7.92. The van der Waals surface area contributed by atoms with Gasteiger partial charge in [0, 0.05) is 35.7 Å². The van der Waals surface area contributed by atoms with Crippen molar-refractivity contribution in [3.8, 4) is 0 Å². The Morgan fingerprint density at radius 3 is 2.58 bits per heavy atom. The Hall–Kier alpha value is -3.76. The number of nitrogens with zero attached hydrogens (tertiary/aromatic N) is 1. The molecule has 2 aromatic rings. The third kappa shape index (κ3) is 4.43. The molecule has 0 spiro atoms. The third-order valence-corrected chi connectivity index (χ3v) is 5.69. The van der Waals surface area contributed by atoms with E-state index >= 15 is 0 Å². The number of carbonyl (C=O) groups excluding carboxylic acids is 3. The zero-order chi connectivity index (χ0) is 23.8. The van der Waals surface area contributed by atoms with Crippen LogP contribution in [0.3, 0.4) is 0 Å². The summed E-state index contributed by atoms with van der Waals surface area (Å²) in [7, 11) is 0. The van der Waals surface area contributed by atoms with Crippen LogP contribution in [0.25, 0.3) is 11.6 Å². The van der Waals surface area contributed by atoms with Gasteiger partial charge in [0.05, 0.1) is 17.0 Å². The van der Waals surface area contributed by atoms with Crippen molar-refractivity contribution in [2.45, 2.75) is 32.4 Å². The molecule has 0 bridgehead atoms. The molecule has 4 N–H and O–H groups in total. The largest absolute Gasteiger partial charge is 0.420 e. The number of aromatic amines is 1. The van der Waals surface area contributed by atoms with Crippen LogP contribution in [0.4, 0.5) is 35.0 Å². The second-order valence-electron chi connectivity index (χ2n) is 7.92. The summed E-state index contributed by atoms with van der Waals surface area (Å²) in [5.74, 6) is -0.576. The lowest BCUT2D eigenvalue weighted by atomic mass is 10.0. The Labute approximate surface area is 187 Å². The number of hydrogen-bond donors (Lipinski definition) is 4. The molecule has 0 atom stereocenters. The Kier molecular flexibility index (Phi) is 5.88. The minimum Gasteiger partial charge on any atom is -0.357 e. The van der Waals surface area contributed by atoms with E-state index in [1.807, 2.05) is 0 Å². The molecule has 11 heteroatoms. The van der Waals surface area contributed by atoms with Crippen LogP contribution in [0.15, 0.2) is 18.2 Å². The number of amides is 4. The molecule has 2 aliphatic rings. The highest BCUT2D eigenvalue weighted by molar-refractivity contribution is 6.35. The Morgan fingerprint density at radius 2 is 1.91 bits per heavy atom. The van der Waals surface area contributed by atoms with Crippen molar-refractivity contribution in [3.05, 3.63) is 40.7 Å². The van der Waals surface area contributed by atoms with Gasteiger partial charge in [0.2, 0.25) is 6.41 Å². The van der Waals surface area contributed by atoms with Crippen molar-refractivity contribution >= 4 is 47.1 Å². The summed E-state index contributed by atoms with van der Waals surface area (Å²) in [5, 5.41) is 7.46. The molecule has 0 saturated carbocycles. The standard InChI is InChI=1S/C22H22F3N5O3/c1-12-19(29-21(33)30-7-3-2-4-8-30)18(22(23,24)25)17(27-12)10-15-14-9-13(26-11-31)5-6-16(14)28-20(15)32/h5-6,9-11,27H,2-4,7-8H2,1H3,(H,26,31)(H,28,32)(H,29,33)/b15-10-. The van der Waals surface area contributed by atoms with Crippen LogP contribution in [0.2, 0.25) is 0 Å². The molecule has 1 fully saturated rings. The number of halogens is 3. The molecule has 1 aromatic heterocycles. The highest BCUT2D eigenvalue weighted by Crippen LogP contribution is 2.42. The molecule has 33 heavy (non-hydrogen) atoms. The number of likely N-dealkylation sites (tertiary alicyclic amines) is 1. The number of alkyl halides is 3. The summed E-state index contributed by atoms with van der Waals surface area (Å²) >= 11 is 0. The van der Waals surface area contributed by atoms with Gasteiger partial charge in [-0.25, -0.2) is 4.79 Å². The number of rotatable bonds is 4. The first-order chi connectivity index (χ1) is 15.7. The molecular formula is C22H22F3N5O3. The third-order valence-electron chi connectivity index (χ3n) is 5.69. The normalized spacial score (nSPS) is 17.0. The predicted octanol–water partition coefficient (Wildman–Crippen LogP) is 4.42. The average Bonchev–Trinajstić information content (AvgIpc) is 3.25. The van der Waals surface area contributed by atoms with Crippen molar-refractivity contribution in [1.29, 1.82) is 0 Å². The maximum atomic E-state index is 14.1. The van der Waals surface area contributed by atoms with Gasteiger partial charge in [-0.2, -0.15) is 13.2 Å². The van der Waals surface area contributed by atoms with E-state index in [0.717, 1.165) is 25.3 Å². The van der Waals surface area contributed by atoms with E-state index in [4.69, 9.17) is 0 Å². The summed E-state index contributed by atoms with van der Waals surface area (Å²) in [6.45, 7) is 2.40. The molecule has 4 amide bonds. The van der Waals surface area contributed by atoms with Gasteiger partial charge in [-0.15, -0.1) is 0 Å². The van der Waals surface area contributed by atoms with Gasteiger partial charge in [-0.1, -0.05) is 0 Å². The van der Waals surface area contributed by atoms with Crippen molar-refractivity contribution in [2.24, 2.45) is 0 Å². The average molecular weight is 461 g/mol. The quantitative estimate of drug-likeness (QED) is 0.400. The smallest absolute Gasteiger partial charge is 0.357 e. The van der Waals surface area contributed by atoms with Crippen LogP contribution in [-0.2, 0) is 15.8 Å². The van der Waals surface area contributed by atoms with E-state index < -0.39 is 23.7 Å². The summed E-state index contributed by atoms with van der Waals surface area (Å²) < 4.78 is 42.2. The molecule has 0 unspecified atom stereocenters. The lowest BCUT2D eigenvalue weighted by molar-refractivity contribution is -0.137. The maximum Gasteiger partial charge on any atom is 0.420 e. The van der Waals surface area contributed by atoms with E-state index in [1.54, 1.807) is 12.1 Å². The van der Waals surface area contributed by atoms with Crippen LogP contribution in [-0.4, -0.2) is 41.3 Å². The lowest BCUT2D eigenvalue weighted by Crippen LogP contribution is -2.39. The van der Waals surface area contributed by atoms with E-state index in [1.165, 1.54) is 17.9 Å². The number of nitrogens with one attached hydrogen (secondary N) is 4. The molecule has 3 heterocycles. The Bertz CT molecular complexity index is 1150. The summed E-state index contributed by atoms with van der Waals surface area (Å²) in [6.07, 6.45) is -0.634. The zero-order valence-electron chi connectivity index (χ0n) is 17.7. The van der Waals surface area contributed by atoms with Crippen LogP contribution in [0, 0.1) is 6.92 Å². The van der Waals surface area contributed by atoms with Crippen molar-refractivity contribution < 1.29 is 27.6 Å². The van der Waals surface area contributed by atoms with Gasteiger partial charge in [0.15, 0.2) is 0 Å². The number of anilines is 3. The molecule has 4 rings (SSSR count). The number of fused-ring (bicyclic) bond motifs is 1. The van der Waals surface area contributed by atoms with Gasteiger partial charge in [-0.3, -0.25) is 9.59 Å². The van der Waals surface area contributed by atoms with E-state index in [2.05, 4.69) is 20.9 Å². The van der Waals surface area contributed by atoms with Gasteiger partial charge >= 0.3 is 12.2 Å². The van der Waals surface area contributed by atoms with Crippen molar-refractivity contribution in [3.63, 3.8) is 0 Å². The number of carbonyl (C=O) groups is 3. The maximum absolute atomic E-state index is 14.1. The molecule has 0 aliphatic carbocycles. The monoisotopic (exact) mass is 461 g/mol. The summed E-state index contributed by atoms with van der Waals surface area (Å²) in [5.41, 5.74) is -0.486. The summed E-state index contributed by atoms with van der Waals surface area (Å²) in [6, 6.07) is 4.02. The van der Waals surface area contributed by atoms with E-state index in [9.17, 15) is 27.6 Å². The summed E-state index contributed by atoms with van der Waals surface area (Å²) in [4.78, 5) is 40.0. The van der Waals surface area contributed by atoms with Gasteiger partial charge < -0.3 is 25.8 Å². The highest BCUT2D eigenvalue weighted by atomic mass is 19.4. The van der Waals surface area contributed by atoms with E-state index in [-0.39, 0.29) is 22.6 Å². The topological polar surface area (TPSA) is 106 Å².